The maximum atomic E-state index is 12.2. The summed E-state index contributed by atoms with van der Waals surface area (Å²) in [5.41, 5.74) is 2.28. The largest absolute Gasteiger partial charge is 0.467 e. The van der Waals surface area contributed by atoms with Gasteiger partial charge in [0.05, 0.1) is 13.2 Å². The molecule has 1 aromatic rings. The van der Waals surface area contributed by atoms with E-state index in [9.17, 15) is 4.79 Å². The highest BCUT2D eigenvalue weighted by molar-refractivity contribution is 5.95. The zero-order chi connectivity index (χ0) is 19.3. The van der Waals surface area contributed by atoms with Gasteiger partial charge in [-0.15, -0.1) is 0 Å². The Morgan fingerprint density at radius 2 is 1.52 bits per heavy atom. The molecule has 0 saturated carbocycles. The van der Waals surface area contributed by atoms with Crippen LogP contribution in [0.25, 0.3) is 0 Å². The van der Waals surface area contributed by atoms with Gasteiger partial charge in [-0.05, 0) is 23.0 Å². The molecule has 0 bridgehead atoms. The van der Waals surface area contributed by atoms with Crippen LogP contribution in [0, 0.1) is 0 Å². The fraction of sp³-hybridized carbons (Fsp3) is 0.650. The molecule has 0 radical (unpaired) electrons. The molecular formula is C20H33NO4. The minimum absolute atomic E-state index is 0.0982. The van der Waals surface area contributed by atoms with Gasteiger partial charge in [0.25, 0.3) is 5.91 Å². The van der Waals surface area contributed by atoms with Crippen LogP contribution in [-0.4, -0.2) is 40.1 Å². The molecule has 1 N–H and O–H groups in total. The number of nitrogens with one attached hydrogen (secondary N) is 1. The average molecular weight is 351 g/mol. The SMILES string of the molecule is CNC(=O)c1cc(C(C)(C)C)c(OCOCCOC)c(C(C)(C)C)c1. The van der Waals surface area contributed by atoms with Gasteiger partial charge >= 0.3 is 0 Å². The first kappa shape index (κ1) is 21.5. The summed E-state index contributed by atoms with van der Waals surface area (Å²) in [6.07, 6.45) is 0. The van der Waals surface area contributed by atoms with Crippen LogP contribution in [0.5, 0.6) is 5.75 Å². The smallest absolute Gasteiger partial charge is 0.251 e. The molecule has 0 aliphatic rings. The standard InChI is InChI=1S/C20H33NO4/c1-19(2,3)15-11-14(18(22)21-7)12-16(20(4,5)6)17(15)25-13-24-10-9-23-8/h11-12H,9-10,13H2,1-8H3,(H,21,22). The van der Waals surface area contributed by atoms with E-state index in [1.54, 1.807) is 14.2 Å². The number of amides is 1. The molecule has 0 heterocycles. The molecule has 0 aliphatic heterocycles. The van der Waals surface area contributed by atoms with Crippen LogP contribution in [0.1, 0.15) is 63.0 Å². The lowest BCUT2D eigenvalue weighted by molar-refractivity contribution is -0.00992. The molecule has 1 aromatic carbocycles. The van der Waals surface area contributed by atoms with E-state index in [1.165, 1.54) is 0 Å². The Morgan fingerprint density at radius 3 is 1.92 bits per heavy atom. The summed E-state index contributed by atoms with van der Waals surface area (Å²) in [4.78, 5) is 12.2. The van der Waals surface area contributed by atoms with E-state index in [1.807, 2.05) is 12.1 Å². The second-order valence-corrected chi connectivity index (χ2v) is 8.14. The number of rotatable bonds is 7. The third-order valence-electron chi connectivity index (χ3n) is 3.91. The van der Waals surface area contributed by atoms with Crippen molar-refractivity contribution in [3.8, 4) is 5.75 Å². The first-order valence-corrected chi connectivity index (χ1v) is 8.63. The molecule has 0 saturated heterocycles. The van der Waals surface area contributed by atoms with E-state index >= 15 is 0 Å². The summed E-state index contributed by atoms with van der Waals surface area (Å²) in [5, 5.41) is 2.71. The number of hydrogen-bond acceptors (Lipinski definition) is 4. The third kappa shape index (κ3) is 6.01. The predicted molar refractivity (Wildman–Crippen MR) is 101 cm³/mol. The lowest BCUT2D eigenvalue weighted by atomic mass is 9.78. The van der Waals surface area contributed by atoms with Crippen molar-refractivity contribution in [2.75, 3.05) is 34.2 Å². The molecule has 0 aromatic heterocycles. The van der Waals surface area contributed by atoms with Crippen LogP contribution in [0.3, 0.4) is 0 Å². The van der Waals surface area contributed by atoms with E-state index in [0.717, 1.165) is 16.9 Å². The fourth-order valence-corrected chi connectivity index (χ4v) is 2.48. The number of ether oxygens (including phenoxy) is 3. The van der Waals surface area contributed by atoms with Crippen LogP contribution in [0.15, 0.2) is 12.1 Å². The van der Waals surface area contributed by atoms with Crippen molar-refractivity contribution < 1.29 is 19.0 Å². The van der Waals surface area contributed by atoms with E-state index in [-0.39, 0.29) is 23.5 Å². The summed E-state index contributed by atoms with van der Waals surface area (Å²) in [6.45, 7) is 13.8. The number of hydrogen-bond donors (Lipinski definition) is 1. The van der Waals surface area contributed by atoms with Crippen LogP contribution in [0.4, 0.5) is 0 Å². The van der Waals surface area contributed by atoms with Crippen LogP contribution < -0.4 is 10.1 Å². The van der Waals surface area contributed by atoms with Gasteiger partial charge in [0.15, 0.2) is 6.79 Å². The zero-order valence-corrected chi connectivity index (χ0v) is 16.9. The van der Waals surface area contributed by atoms with Crippen molar-refractivity contribution in [3.05, 3.63) is 28.8 Å². The quantitative estimate of drug-likeness (QED) is 0.602. The molecule has 0 fully saturated rings. The van der Waals surface area contributed by atoms with Crippen molar-refractivity contribution in [2.45, 2.75) is 52.4 Å². The summed E-state index contributed by atoms with van der Waals surface area (Å²) >= 11 is 0. The monoisotopic (exact) mass is 351 g/mol. The lowest BCUT2D eigenvalue weighted by Gasteiger charge is -2.30. The first-order valence-electron chi connectivity index (χ1n) is 8.63. The molecule has 1 amide bonds. The molecule has 5 heteroatoms. The number of benzene rings is 1. The Kier molecular flexibility index (Phi) is 7.44. The second-order valence-electron chi connectivity index (χ2n) is 8.14. The Morgan fingerprint density at radius 1 is 1.00 bits per heavy atom. The van der Waals surface area contributed by atoms with Gasteiger partial charge in [0, 0.05) is 30.8 Å². The van der Waals surface area contributed by atoms with Crippen LogP contribution in [-0.2, 0) is 20.3 Å². The molecule has 5 nitrogen and oxygen atoms in total. The Bertz CT molecular complexity index is 547. The molecule has 1 rings (SSSR count). The molecule has 25 heavy (non-hydrogen) atoms. The maximum absolute atomic E-state index is 12.2. The van der Waals surface area contributed by atoms with Crippen molar-refractivity contribution in [1.29, 1.82) is 0 Å². The molecular weight excluding hydrogens is 318 g/mol. The summed E-state index contributed by atoms with van der Waals surface area (Å²) in [5.74, 6) is 0.698. The van der Waals surface area contributed by atoms with Crippen molar-refractivity contribution in [2.24, 2.45) is 0 Å². The lowest BCUT2D eigenvalue weighted by Crippen LogP contribution is -2.24. The number of carbonyl (C=O) groups is 1. The van der Waals surface area contributed by atoms with E-state index in [0.29, 0.717) is 18.8 Å². The third-order valence-corrected chi connectivity index (χ3v) is 3.91. The topological polar surface area (TPSA) is 56.8 Å². The van der Waals surface area contributed by atoms with E-state index in [4.69, 9.17) is 14.2 Å². The molecule has 0 spiro atoms. The Balaban J connectivity index is 3.36. The normalized spacial score (nSPS) is 12.2. The number of carbonyl (C=O) groups excluding carboxylic acids is 1. The van der Waals surface area contributed by atoms with Crippen LogP contribution in [0.2, 0.25) is 0 Å². The molecule has 0 atom stereocenters. The predicted octanol–water partition coefficient (Wildman–Crippen LogP) is 3.64. The highest BCUT2D eigenvalue weighted by Gasteiger charge is 2.29. The second kappa shape index (κ2) is 8.68. The summed E-state index contributed by atoms with van der Waals surface area (Å²) in [6, 6.07) is 3.83. The maximum Gasteiger partial charge on any atom is 0.251 e. The highest BCUT2D eigenvalue weighted by atomic mass is 16.7. The summed E-state index contributed by atoms with van der Waals surface area (Å²) in [7, 11) is 3.28. The van der Waals surface area contributed by atoms with E-state index in [2.05, 4.69) is 46.9 Å². The Labute approximate surface area is 152 Å². The minimum atomic E-state index is -0.175. The average Bonchev–Trinajstić information content (AvgIpc) is 2.51. The van der Waals surface area contributed by atoms with Gasteiger partial charge in [0.1, 0.15) is 5.75 Å². The zero-order valence-electron chi connectivity index (χ0n) is 16.9. The van der Waals surface area contributed by atoms with Gasteiger partial charge in [-0.25, -0.2) is 0 Å². The van der Waals surface area contributed by atoms with Gasteiger partial charge in [-0.2, -0.15) is 0 Å². The van der Waals surface area contributed by atoms with Gasteiger partial charge in [-0.1, -0.05) is 41.5 Å². The molecule has 0 aliphatic carbocycles. The van der Waals surface area contributed by atoms with Gasteiger partial charge in [0.2, 0.25) is 0 Å². The summed E-state index contributed by atoms with van der Waals surface area (Å²) < 4.78 is 16.5. The Hall–Kier alpha value is -1.59. The molecule has 142 valence electrons. The van der Waals surface area contributed by atoms with E-state index < -0.39 is 0 Å². The van der Waals surface area contributed by atoms with Gasteiger partial charge in [-0.3, -0.25) is 4.79 Å². The number of methoxy groups -OCH3 is 1. The fourth-order valence-electron chi connectivity index (χ4n) is 2.48. The van der Waals surface area contributed by atoms with Crippen molar-refractivity contribution in [1.82, 2.24) is 5.32 Å². The highest BCUT2D eigenvalue weighted by Crippen LogP contribution is 2.40. The van der Waals surface area contributed by atoms with Crippen molar-refractivity contribution >= 4 is 5.91 Å². The minimum Gasteiger partial charge on any atom is -0.467 e. The molecule has 0 unspecified atom stereocenters. The first-order chi connectivity index (χ1) is 11.5. The van der Waals surface area contributed by atoms with Crippen molar-refractivity contribution in [3.63, 3.8) is 0 Å². The van der Waals surface area contributed by atoms with Gasteiger partial charge < -0.3 is 19.5 Å². The van der Waals surface area contributed by atoms with Crippen LogP contribution >= 0.6 is 0 Å².